The third-order valence-electron chi connectivity index (χ3n) is 4.84. The van der Waals surface area contributed by atoms with Gasteiger partial charge in [0.1, 0.15) is 0 Å². The van der Waals surface area contributed by atoms with Crippen molar-refractivity contribution in [2.45, 2.75) is 25.9 Å². The number of aromatic carboxylic acids is 1. The van der Waals surface area contributed by atoms with Crippen LogP contribution in [0, 0.1) is 6.92 Å². The van der Waals surface area contributed by atoms with Crippen LogP contribution in [0.1, 0.15) is 28.9 Å². The Bertz CT molecular complexity index is 1230. The van der Waals surface area contributed by atoms with E-state index < -0.39 is 12.1 Å². The van der Waals surface area contributed by atoms with E-state index >= 15 is 0 Å². The Morgan fingerprint density at radius 1 is 1.24 bits per heavy atom. The lowest BCUT2D eigenvalue weighted by Gasteiger charge is -2.21. The predicted molar refractivity (Wildman–Crippen MR) is 128 cm³/mol. The Kier molecular flexibility index (Phi) is 7.08. The van der Waals surface area contributed by atoms with Crippen LogP contribution in [0.15, 0.2) is 35.7 Å². The van der Waals surface area contributed by atoms with Gasteiger partial charge in [-0.05, 0) is 43.5 Å². The maximum Gasteiger partial charge on any atom is 0.355 e. The molecule has 3 aromatic heterocycles. The number of aliphatic hydroxyl groups is 2. The van der Waals surface area contributed by atoms with Crippen LogP contribution in [0.25, 0.3) is 10.2 Å². The van der Waals surface area contributed by atoms with E-state index in [0.717, 1.165) is 15.8 Å². The number of nitrogens with zero attached hydrogens (tertiary/aromatic N) is 5. The van der Waals surface area contributed by atoms with Crippen molar-refractivity contribution in [3.05, 3.63) is 47.0 Å². The number of nitrogens with one attached hydrogen (secondary N) is 1. The van der Waals surface area contributed by atoms with Crippen molar-refractivity contribution in [2.24, 2.45) is 0 Å². The van der Waals surface area contributed by atoms with Gasteiger partial charge in [0, 0.05) is 11.9 Å². The Labute approximate surface area is 197 Å². The maximum absolute atomic E-state index is 11.3. The van der Waals surface area contributed by atoms with Crippen LogP contribution in [0.5, 0.6) is 0 Å². The highest BCUT2D eigenvalue weighted by Gasteiger charge is 2.19. The molecule has 0 saturated carbocycles. The van der Waals surface area contributed by atoms with E-state index in [0.29, 0.717) is 41.3 Å². The number of carbonyl (C=O) groups is 1. The van der Waals surface area contributed by atoms with E-state index in [9.17, 15) is 15.0 Å². The molecule has 0 aliphatic heterocycles. The van der Waals surface area contributed by atoms with Crippen LogP contribution in [0.3, 0.4) is 0 Å². The minimum Gasteiger partial charge on any atom is -0.476 e. The van der Waals surface area contributed by atoms with Crippen LogP contribution in [0.4, 0.5) is 21.9 Å². The molecule has 0 radical (unpaired) electrons. The van der Waals surface area contributed by atoms with E-state index in [2.05, 4.69) is 25.5 Å². The molecule has 1 aromatic carbocycles. The molecule has 3 heterocycles. The van der Waals surface area contributed by atoms with E-state index in [1.807, 2.05) is 37.3 Å². The molecule has 0 aliphatic rings. The van der Waals surface area contributed by atoms with Crippen molar-refractivity contribution in [3.8, 4) is 0 Å². The fourth-order valence-electron chi connectivity index (χ4n) is 3.12. The van der Waals surface area contributed by atoms with Gasteiger partial charge >= 0.3 is 5.97 Å². The predicted octanol–water partition coefficient (Wildman–Crippen LogP) is 3.56. The first-order valence-electron chi connectivity index (χ1n) is 10.2. The van der Waals surface area contributed by atoms with Crippen molar-refractivity contribution in [1.29, 1.82) is 0 Å². The number of anilines is 4. The minimum atomic E-state index is -1.11. The molecule has 0 spiro atoms. The van der Waals surface area contributed by atoms with Gasteiger partial charge in [-0.25, -0.2) is 14.8 Å². The molecular weight excluding hydrogens is 464 g/mol. The Morgan fingerprint density at radius 2 is 2.06 bits per heavy atom. The first-order chi connectivity index (χ1) is 15.9. The summed E-state index contributed by atoms with van der Waals surface area (Å²) >= 11 is 2.71. The number of aliphatic hydroxyl groups excluding tert-OH is 2. The van der Waals surface area contributed by atoms with Gasteiger partial charge in [-0.3, -0.25) is 0 Å². The Hall–Kier alpha value is -3.19. The average molecular weight is 487 g/mol. The molecule has 4 N–H and O–H groups in total. The third-order valence-corrected chi connectivity index (χ3v) is 6.65. The number of fused-ring (bicyclic) bond motifs is 1. The molecule has 1 atom stereocenters. The number of carboxylic acid groups (broad SMARTS) is 1. The smallest absolute Gasteiger partial charge is 0.355 e. The van der Waals surface area contributed by atoms with Crippen molar-refractivity contribution >= 4 is 60.8 Å². The number of aryl methyl sites for hydroxylation is 1. The molecule has 33 heavy (non-hydrogen) atoms. The summed E-state index contributed by atoms with van der Waals surface area (Å²) in [5.41, 5.74) is 1.69. The number of aromatic nitrogens is 4. The summed E-state index contributed by atoms with van der Waals surface area (Å²) in [5, 5.41) is 42.5. The molecule has 0 saturated heterocycles. The molecule has 4 aromatic rings. The quantitative estimate of drug-likeness (QED) is 0.262. The van der Waals surface area contributed by atoms with Gasteiger partial charge in [0.05, 0.1) is 22.9 Å². The largest absolute Gasteiger partial charge is 0.476 e. The standard InChI is InChI=1S/C21H22N6O4S2/c1-12-9-17(25-26-18(12)24-20-22-14-6-2-3-7-16(14)33-20)27(8-4-5-13(29)10-28)21-23-15(11-32-21)19(30)31/h2-3,6-7,9,11,13,28-29H,4-5,8,10H2,1H3,(H,30,31)(H,22,24,26). The summed E-state index contributed by atoms with van der Waals surface area (Å²) in [5.74, 6) is -0.0308. The van der Waals surface area contributed by atoms with Gasteiger partial charge < -0.3 is 25.5 Å². The molecule has 0 amide bonds. The van der Waals surface area contributed by atoms with Crippen LogP contribution >= 0.6 is 22.7 Å². The summed E-state index contributed by atoms with van der Waals surface area (Å²) in [7, 11) is 0. The SMILES string of the molecule is Cc1cc(N(CCCC(O)CO)c2nc(C(=O)O)cs2)nnc1Nc1nc2ccccc2s1. The fraction of sp³-hybridized carbons (Fsp3) is 0.286. The lowest BCUT2D eigenvalue weighted by Crippen LogP contribution is -2.22. The molecular formula is C21H22N6O4S2. The first-order valence-corrected chi connectivity index (χ1v) is 11.9. The number of hydrogen-bond donors (Lipinski definition) is 4. The van der Waals surface area contributed by atoms with Crippen molar-refractivity contribution in [2.75, 3.05) is 23.4 Å². The monoisotopic (exact) mass is 486 g/mol. The number of para-hydroxylation sites is 1. The highest BCUT2D eigenvalue weighted by atomic mass is 32.1. The van der Waals surface area contributed by atoms with Crippen molar-refractivity contribution in [1.82, 2.24) is 20.2 Å². The molecule has 0 bridgehead atoms. The van der Waals surface area contributed by atoms with Crippen LogP contribution < -0.4 is 10.2 Å². The lowest BCUT2D eigenvalue weighted by atomic mass is 10.2. The second kappa shape index (κ2) is 10.2. The molecule has 0 fully saturated rings. The number of hydrogen-bond acceptors (Lipinski definition) is 11. The second-order valence-corrected chi connectivity index (χ2v) is 9.16. The van der Waals surface area contributed by atoms with E-state index in [1.165, 1.54) is 28.1 Å². The lowest BCUT2D eigenvalue weighted by molar-refractivity contribution is 0.0691. The summed E-state index contributed by atoms with van der Waals surface area (Å²) in [6, 6.07) is 9.70. The van der Waals surface area contributed by atoms with E-state index in [-0.39, 0.29) is 12.3 Å². The Morgan fingerprint density at radius 3 is 2.76 bits per heavy atom. The highest BCUT2D eigenvalue weighted by Crippen LogP contribution is 2.31. The van der Waals surface area contributed by atoms with Gasteiger partial charge in [-0.1, -0.05) is 23.5 Å². The maximum atomic E-state index is 11.3. The molecule has 172 valence electrons. The molecule has 4 rings (SSSR count). The number of thiazole rings is 2. The zero-order chi connectivity index (χ0) is 23.4. The fourth-order valence-corrected chi connectivity index (χ4v) is 4.82. The summed E-state index contributed by atoms with van der Waals surface area (Å²) in [6.07, 6.45) is 0.107. The zero-order valence-electron chi connectivity index (χ0n) is 17.7. The number of carboxylic acids is 1. The van der Waals surface area contributed by atoms with Crippen LogP contribution in [-0.2, 0) is 0 Å². The third kappa shape index (κ3) is 5.42. The van der Waals surface area contributed by atoms with E-state index in [1.54, 1.807) is 4.90 Å². The van der Waals surface area contributed by atoms with Gasteiger partial charge in [-0.15, -0.1) is 21.5 Å². The average Bonchev–Trinajstić information content (AvgIpc) is 3.45. The van der Waals surface area contributed by atoms with Gasteiger partial charge in [0.15, 0.2) is 27.6 Å². The van der Waals surface area contributed by atoms with Crippen molar-refractivity contribution in [3.63, 3.8) is 0 Å². The summed E-state index contributed by atoms with van der Waals surface area (Å²) < 4.78 is 1.07. The van der Waals surface area contributed by atoms with Gasteiger partial charge in [0.2, 0.25) is 0 Å². The van der Waals surface area contributed by atoms with E-state index in [4.69, 9.17) is 5.11 Å². The van der Waals surface area contributed by atoms with Crippen molar-refractivity contribution < 1.29 is 20.1 Å². The molecule has 1 unspecified atom stereocenters. The molecule has 10 nitrogen and oxygen atoms in total. The first kappa shape index (κ1) is 23.0. The van der Waals surface area contributed by atoms with Crippen LogP contribution in [0.2, 0.25) is 0 Å². The highest BCUT2D eigenvalue weighted by molar-refractivity contribution is 7.22. The van der Waals surface area contributed by atoms with Gasteiger partial charge in [-0.2, -0.15) is 0 Å². The Balaban J connectivity index is 1.57. The number of benzene rings is 1. The topological polar surface area (TPSA) is 145 Å². The summed E-state index contributed by atoms with van der Waals surface area (Å²) in [6.45, 7) is 2.00. The minimum absolute atomic E-state index is 0.0470. The zero-order valence-corrected chi connectivity index (χ0v) is 19.3. The molecule has 12 heteroatoms. The van der Waals surface area contributed by atoms with Crippen LogP contribution in [-0.4, -0.2) is 60.7 Å². The number of rotatable bonds is 10. The van der Waals surface area contributed by atoms with Gasteiger partial charge in [0.25, 0.3) is 0 Å². The molecule has 0 aliphatic carbocycles. The normalized spacial score (nSPS) is 12.1. The second-order valence-electron chi connectivity index (χ2n) is 7.30. The summed E-state index contributed by atoms with van der Waals surface area (Å²) in [4.78, 5) is 21.8.